The molecule has 3 aliphatic rings. The van der Waals surface area contributed by atoms with Crippen molar-refractivity contribution in [3.63, 3.8) is 0 Å². The molecule has 0 bridgehead atoms. The first-order chi connectivity index (χ1) is 25.1. The molecule has 0 aliphatic heterocycles. The van der Waals surface area contributed by atoms with Gasteiger partial charge in [0.05, 0.1) is 11.6 Å². The zero-order valence-corrected chi connectivity index (χ0v) is 32.6. The molecule has 3 aromatic carbocycles. The Morgan fingerprint density at radius 2 is 1.58 bits per heavy atom. The van der Waals surface area contributed by atoms with Gasteiger partial charge >= 0.3 is 0 Å². The number of ketones is 2. The van der Waals surface area contributed by atoms with Crippen LogP contribution >= 0.6 is 0 Å². The Morgan fingerprint density at radius 1 is 0.981 bits per heavy atom. The van der Waals surface area contributed by atoms with Gasteiger partial charge in [0.2, 0.25) is 5.78 Å². The molecule has 1 N–H and O–H groups in total. The van der Waals surface area contributed by atoms with E-state index in [1.807, 2.05) is 92.8 Å². The van der Waals surface area contributed by atoms with Crippen LogP contribution in [-0.4, -0.2) is 54.7 Å². The van der Waals surface area contributed by atoms with Crippen molar-refractivity contribution >= 4 is 19.9 Å². The van der Waals surface area contributed by atoms with E-state index in [4.69, 9.17) is 18.4 Å². The molecule has 4 aromatic rings. The summed E-state index contributed by atoms with van der Waals surface area (Å²) in [5, 5.41) is 16.7. The molecule has 0 saturated heterocycles. The van der Waals surface area contributed by atoms with Crippen molar-refractivity contribution in [1.82, 2.24) is 10.1 Å². The first-order valence-electron chi connectivity index (χ1n) is 18.1. The van der Waals surface area contributed by atoms with Crippen LogP contribution in [0.1, 0.15) is 82.0 Å². The Morgan fingerprint density at radius 3 is 2.17 bits per heavy atom. The van der Waals surface area contributed by atoms with E-state index >= 15 is 9.18 Å². The van der Waals surface area contributed by atoms with Crippen molar-refractivity contribution in [1.29, 1.82) is 0 Å². The summed E-state index contributed by atoms with van der Waals surface area (Å²) in [6.45, 7) is 12.2. The highest BCUT2D eigenvalue weighted by molar-refractivity contribution is 6.74. The number of allylic oxidation sites excluding steroid dienone is 1. The van der Waals surface area contributed by atoms with Crippen LogP contribution in [0.25, 0.3) is 0 Å². The van der Waals surface area contributed by atoms with E-state index in [1.54, 1.807) is 6.92 Å². The molecule has 1 aromatic heterocycles. The number of carbonyl (C=O) groups is 2. The van der Waals surface area contributed by atoms with E-state index in [1.165, 1.54) is 6.07 Å². The van der Waals surface area contributed by atoms with Gasteiger partial charge < -0.3 is 23.5 Å². The summed E-state index contributed by atoms with van der Waals surface area (Å²) in [6.07, 6.45) is 0.367. The fourth-order valence-corrected chi connectivity index (χ4v) is 9.46. The lowest BCUT2D eigenvalue weighted by Crippen LogP contribution is -2.65. The summed E-state index contributed by atoms with van der Waals surface area (Å²) in [4.78, 5) is 32.3. The molecule has 0 fully saturated rings. The van der Waals surface area contributed by atoms with Gasteiger partial charge in [0.15, 0.2) is 25.5 Å². The van der Waals surface area contributed by atoms with E-state index in [9.17, 15) is 9.90 Å². The minimum absolute atomic E-state index is 0.00751. The van der Waals surface area contributed by atoms with E-state index in [-0.39, 0.29) is 65.0 Å². The Balaban J connectivity index is 1.41. The molecule has 4 atom stereocenters. The summed E-state index contributed by atoms with van der Waals surface area (Å²) in [7, 11) is 0.834. The maximum atomic E-state index is 15.9. The molecule has 11 heteroatoms. The minimum atomic E-state index is -2.90. The Kier molecular flexibility index (Phi) is 9.27. The van der Waals surface area contributed by atoms with Crippen molar-refractivity contribution in [2.75, 3.05) is 14.1 Å². The highest BCUT2D eigenvalue weighted by Crippen LogP contribution is 2.60. The number of aliphatic hydroxyl groups is 1. The molecular formula is C42H47FN2O7Si. The van der Waals surface area contributed by atoms with Crippen LogP contribution in [0.4, 0.5) is 4.39 Å². The predicted molar refractivity (Wildman–Crippen MR) is 200 cm³/mol. The molecule has 0 saturated carbocycles. The van der Waals surface area contributed by atoms with Gasteiger partial charge in [-0.25, -0.2) is 4.39 Å². The maximum Gasteiger partial charge on any atom is 0.265 e. The van der Waals surface area contributed by atoms with E-state index in [0.29, 0.717) is 11.3 Å². The van der Waals surface area contributed by atoms with Gasteiger partial charge in [-0.15, -0.1) is 0 Å². The number of aryl methyl sites for hydroxylation is 1. The molecule has 3 aliphatic carbocycles. The number of aromatic nitrogens is 1. The van der Waals surface area contributed by atoms with Crippen molar-refractivity contribution in [3.8, 4) is 11.6 Å². The molecule has 1 heterocycles. The first-order valence-corrected chi connectivity index (χ1v) is 21.0. The highest BCUT2D eigenvalue weighted by atomic mass is 28.4. The molecule has 0 radical (unpaired) electrons. The summed E-state index contributed by atoms with van der Waals surface area (Å²) >= 11 is 0. The van der Waals surface area contributed by atoms with Gasteiger partial charge in [-0.2, -0.15) is 0 Å². The lowest BCUT2D eigenvalue weighted by molar-refractivity contribution is -0.0481. The molecule has 9 nitrogen and oxygen atoms in total. The van der Waals surface area contributed by atoms with Gasteiger partial charge in [0.1, 0.15) is 36.1 Å². The normalized spacial score (nSPS) is 22.6. The second kappa shape index (κ2) is 13.4. The minimum Gasteiger partial charge on any atom is -0.508 e. The number of ether oxygens (including phenoxy) is 2. The van der Waals surface area contributed by atoms with Crippen LogP contribution in [0.2, 0.25) is 18.1 Å². The summed E-state index contributed by atoms with van der Waals surface area (Å²) in [5.74, 6) is -2.85. The SMILES string of the molecule is Cc1cc(F)c2c(c1OCc1ccccc1)C(=O)C1=C(O)[C@]3(O[Si](C)(C)C(C)(C)C)C(=O)c4c(OCc5ccccc5)noc4[C@@H](N(C)C)[C@@H]3C[C@@H]1C2. The number of hydrogen-bond donors (Lipinski definition) is 1. The third-order valence-electron chi connectivity index (χ3n) is 11.6. The number of hydrogen-bond acceptors (Lipinski definition) is 9. The van der Waals surface area contributed by atoms with Gasteiger partial charge in [-0.3, -0.25) is 14.5 Å². The number of carbonyl (C=O) groups excluding carboxylic acids is 2. The largest absolute Gasteiger partial charge is 0.508 e. The summed E-state index contributed by atoms with van der Waals surface area (Å²) < 4.78 is 41.5. The van der Waals surface area contributed by atoms with Gasteiger partial charge in [-0.05, 0) is 85.8 Å². The fraction of sp³-hybridized carbons (Fsp3) is 0.405. The van der Waals surface area contributed by atoms with Gasteiger partial charge in [0.25, 0.3) is 5.88 Å². The number of aliphatic hydroxyl groups excluding tert-OH is 1. The van der Waals surface area contributed by atoms with Crippen molar-refractivity contribution < 1.29 is 37.5 Å². The smallest absolute Gasteiger partial charge is 0.265 e. The zero-order chi connectivity index (χ0) is 38.0. The second-order valence-corrected chi connectivity index (χ2v) is 21.0. The third kappa shape index (κ3) is 6.02. The van der Waals surface area contributed by atoms with Gasteiger partial charge in [0, 0.05) is 17.1 Å². The maximum absolute atomic E-state index is 15.9. The Hall–Kier alpha value is -4.58. The monoisotopic (exact) mass is 738 g/mol. The van der Waals surface area contributed by atoms with E-state index < -0.39 is 54.9 Å². The molecule has 0 spiro atoms. The fourth-order valence-electron chi connectivity index (χ4n) is 8.01. The molecular weight excluding hydrogens is 692 g/mol. The van der Waals surface area contributed by atoms with Crippen molar-refractivity contribution in [2.24, 2.45) is 11.8 Å². The number of benzene rings is 3. The van der Waals surface area contributed by atoms with Crippen LogP contribution < -0.4 is 9.47 Å². The lowest BCUT2D eigenvalue weighted by atomic mass is 9.58. The third-order valence-corrected chi connectivity index (χ3v) is 16.1. The molecule has 0 amide bonds. The van der Waals surface area contributed by atoms with Crippen LogP contribution in [0, 0.1) is 24.6 Å². The van der Waals surface area contributed by atoms with Crippen molar-refractivity contribution in [2.45, 2.75) is 83.5 Å². The summed E-state index contributed by atoms with van der Waals surface area (Å²) in [5.41, 5.74) is 0.677. The second-order valence-electron chi connectivity index (χ2n) is 16.3. The van der Waals surface area contributed by atoms with Crippen LogP contribution in [0.3, 0.4) is 0 Å². The average Bonchev–Trinajstić information content (AvgIpc) is 3.52. The standard InChI is InChI=1S/C42H47FN2O7Si/c1-24-19-30(43)28-20-27-21-29-34(45(5)6)37-33(40(44-51-37)50-23-26-17-13-10-14-18-26)39(48)42(29,52-53(7,8)41(2,3)4)38(47)31(27)35(46)32(28)36(24)49-22-25-15-11-9-12-16-25/h9-19,27,29,34,47H,20-23H2,1-8H3/t27-,29-,34-,42-/m0/s1. The van der Waals surface area contributed by atoms with Crippen LogP contribution in [-0.2, 0) is 24.1 Å². The lowest BCUT2D eigenvalue weighted by Gasteiger charge is -2.55. The quantitative estimate of drug-likeness (QED) is 0.169. The van der Waals surface area contributed by atoms with E-state index in [0.717, 1.165) is 11.1 Å². The Labute approximate surface area is 310 Å². The summed E-state index contributed by atoms with van der Waals surface area (Å²) in [6, 6.07) is 19.8. The number of fused-ring (bicyclic) bond motifs is 4. The van der Waals surface area contributed by atoms with Gasteiger partial charge in [-0.1, -0.05) is 81.4 Å². The zero-order valence-electron chi connectivity index (χ0n) is 31.6. The number of rotatable bonds is 9. The topological polar surface area (TPSA) is 111 Å². The van der Waals surface area contributed by atoms with E-state index in [2.05, 4.69) is 25.9 Å². The first kappa shape index (κ1) is 36.8. The molecule has 7 rings (SSSR count). The highest BCUT2D eigenvalue weighted by Gasteiger charge is 2.67. The number of nitrogens with zero attached hydrogens (tertiary/aromatic N) is 2. The molecule has 53 heavy (non-hydrogen) atoms. The van der Waals surface area contributed by atoms with Crippen LogP contribution in [0.15, 0.2) is 82.6 Å². The molecule has 278 valence electrons. The molecule has 0 unspecified atom stereocenters. The predicted octanol–water partition coefficient (Wildman–Crippen LogP) is 8.73. The van der Waals surface area contributed by atoms with Crippen molar-refractivity contribution in [3.05, 3.63) is 123 Å². The Bertz CT molecular complexity index is 2100. The van der Waals surface area contributed by atoms with Crippen LogP contribution in [0.5, 0.6) is 11.6 Å². The average molecular weight is 739 g/mol. The number of halogens is 1. The number of Topliss-reactive ketones (excluding diaryl/α,β-unsaturated/α-hetero) is 2.